The summed E-state index contributed by atoms with van der Waals surface area (Å²) in [4.78, 5) is 24.6. The molecule has 0 aromatic heterocycles. The monoisotopic (exact) mass is 243 g/mol. The predicted molar refractivity (Wildman–Crippen MR) is 62.5 cm³/mol. The first-order valence-electron chi connectivity index (χ1n) is 4.26. The molecule has 0 aromatic rings. The van der Waals surface area contributed by atoms with Gasteiger partial charge in [-0.25, -0.2) is 0 Å². The predicted octanol–water partition coefficient (Wildman–Crippen LogP) is 1.91. The molecule has 1 aliphatic heterocycles. The summed E-state index contributed by atoms with van der Waals surface area (Å²) in [6.45, 7) is 7.31. The Bertz CT molecular complexity index is 332. The zero-order valence-corrected chi connectivity index (χ0v) is 9.61. The van der Waals surface area contributed by atoms with Crippen LogP contribution in [0.2, 0.25) is 0 Å². The maximum atomic E-state index is 11.7. The fraction of sp³-hybridized carbons (Fsp3) is 0.200. The number of hydrogen-bond acceptors (Lipinski definition) is 3. The van der Waals surface area contributed by atoms with Crippen molar-refractivity contribution < 1.29 is 9.59 Å². The van der Waals surface area contributed by atoms with Gasteiger partial charge in [-0.2, -0.15) is 0 Å². The fourth-order valence-corrected chi connectivity index (χ4v) is 1.80. The molecular formula is C10H10ClNO2S. The molecule has 0 N–H and O–H groups in total. The second-order valence-corrected chi connectivity index (χ2v) is 4.09. The Balaban J connectivity index is 2.94. The van der Waals surface area contributed by atoms with E-state index in [1.54, 1.807) is 0 Å². The van der Waals surface area contributed by atoms with Gasteiger partial charge in [0.15, 0.2) is 0 Å². The standard InChI is InChI=1S/C10H10ClNO2S/c1-3-7-8(4-2)10(14)12(9(7)13)5-6-15-11/h3-4H,1-2,5-6H2. The molecule has 0 saturated heterocycles. The number of amides is 2. The Morgan fingerprint density at radius 3 is 2.00 bits per heavy atom. The highest BCUT2D eigenvalue weighted by Crippen LogP contribution is 2.22. The van der Waals surface area contributed by atoms with Crippen molar-refractivity contribution in [3.63, 3.8) is 0 Å². The zero-order chi connectivity index (χ0) is 11.4. The van der Waals surface area contributed by atoms with Gasteiger partial charge in [0.05, 0.1) is 11.1 Å². The Kier molecular flexibility index (Phi) is 4.17. The maximum Gasteiger partial charge on any atom is 0.261 e. The largest absolute Gasteiger partial charge is 0.273 e. The van der Waals surface area contributed by atoms with E-state index in [9.17, 15) is 9.59 Å². The van der Waals surface area contributed by atoms with Crippen LogP contribution in [0.5, 0.6) is 0 Å². The van der Waals surface area contributed by atoms with Crippen LogP contribution in [-0.4, -0.2) is 29.0 Å². The van der Waals surface area contributed by atoms with Crippen LogP contribution < -0.4 is 0 Å². The van der Waals surface area contributed by atoms with Gasteiger partial charge in [-0.05, 0) is 10.7 Å². The van der Waals surface area contributed by atoms with Crippen LogP contribution in [0.25, 0.3) is 0 Å². The Labute approximate surface area is 97.0 Å². The average molecular weight is 244 g/mol. The number of carbonyl (C=O) groups excluding carboxylic acids is 2. The SMILES string of the molecule is C=CC1=C(C=C)C(=O)N(CCSCl)C1=O. The molecule has 0 bridgehead atoms. The van der Waals surface area contributed by atoms with Crippen LogP contribution in [0, 0.1) is 0 Å². The van der Waals surface area contributed by atoms with E-state index in [4.69, 9.17) is 10.7 Å². The van der Waals surface area contributed by atoms with Crippen molar-refractivity contribution >= 4 is 33.5 Å². The number of rotatable bonds is 5. The summed E-state index contributed by atoms with van der Waals surface area (Å²) < 4.78 is 0. The summed E-state index contributed by atoms with van der Waals surface area (Å²) in [7, 11) is 6.50. The summed E-state index contributed by atoms with van der Waals surface area (Å²) in [5, 5.41) is 0. The van der Waals surface area contributed by atoms with Gasteiger partial charge in [0, 0.05) is 12.3 Å². The molecule has 3 nitrogen and oxygen atoms in total. The highest BCUT2D eigenvalue weighted by Gasteiger charge is 2.34. The van der Waals surface area contributed by atoms with Gasteiger partial charge in [0.1, 0.15) is 0 Å². The van der Waals surface area contributed by atoms with Crippen molar-refractivity contribution in [2.75, 3.05) is 12.3 Å². The molecule has 80 valence electrons. The minimum Gasteiger partial charge on any atom is -0.273 e. The Morgan fingerprint density at radius 2 is 1.67 bits per heavy atom. The number of imide groups is 1. The first-order valence-corrected chi connectivity index (χ1v) is 6.07. The third-order valence-corrected chi connectivity index (χ3v) is 2.84. The molecule has 0 radical (unpaired) electrons. The molecule has 0 aromatic carbocycles. The highest BCUT2D eigenvalue weighted by atomic mass is 35.7. The molecule has 0 unspecified atom stereocenters. The number of carbonyl (C=O) groups is 2. The topological polar surface area (TPSA) is 37.4 Å². The van der Waals surface area contributed by atoms with Crippen molar-refractivity contribution in [2.45, 2.75) is 0 Å². The first-order chi connectivity index (χ1) is 7.17. The summed E-state index contributed by atoms with van der Waals surface area (Å²) >= 11 is 0. The highest BCUT2D eigenvalue weighted by molar-refractivity contribution is 8.21. The smallest absolute Gasteiger partial charge is 0.261 e. The van der Waals surface area contributed by atoms with Crippen LogP contribution in [0.3, 0.4) is 0 Å². The van der Waals surface area contributed by atoms with Crippen LogP contribution in [0.1, 0.15) is 0 Å². The molecular weight excluding hydrogens is 234 g/mol. The second-order valence-electron chi connectivity index (χ2n) is 2.81. The van der Waals surface area contributed by atoms with Crippen molar-refractivity contribution in [1.29, 1.82) is 0 Å². The molecule has 0 aliphatic carbocycles. The van der Waals surface area contributed by atoms with Crippen LogP contribution in [0.4, 0.5) is 0 Å². The van der Waals surface area contributed by atoms with Crippen LogP contribution >= 0.6 is 21.7 Å². The lowest BCUT2D eigenvalue weighted by Crippen LogP contribution is -2.33. The van der Waals surface area contributed by atoms with Gasteiger partial charge in [-0.1, -0.05) is 36.3 Å². The lowest BCUT2D eigenvalue weighted by molar-refractivity contribution is -0.136. The average Bonchev–Trinajstić information content (AvgIpc) is 2.47. The van der Waals surface area contributed by atoms with Gasteiger partial charge in [-0.15, -0.1) is 0 Å². The Morgan fingerprint density at radius 1 is 1.20 bits per heavy atom. The van der Waals surface area contributed by atoms with Crippen molar-refractivity contribution in [2.24, 2.45) is 0 Å². The van der Waals surface area contributed by atoms with E-state index < -0.39 is 0 Å². The molecule has 1 heterocycles. The molecule has 5 heteroatoms. The number of halogens is 1. The molecule has 1 rings (SSSR count). The van der Waals surface area contributed by atoms with E-state index in [1.165, 1.54) is 12.2 Å². The van der Waals surface area contributed by atoms with E-state index in [0.29, 0.717) is 23.4 Å². The third kappa shape index (κ3) is 2.16. The molecule has 0 atom stereocenters. The Hall–Kier alpha value is -1.00. The lowest BCUT2D eigenvalue weighted by atomic mass is 10.1. The van der Waals surface area contributed by atoms with Gasteiger partial charge < -0.3 is 0 Å². The number of hydrogen-bond donors (Lipinski definition) is 0. The first kappa shape index (κ1) is 12.1. The van der Waals surface area contributed by atoms with Crippen LogP contribution in [0.15, 0.2) is 36.5 Å². The van der Waals surface area contributed by atoms with E-state index in [-0.39, 0.29) is 11.8 Å². The van der Waals surface area contributed by atoms with Crippen LogP contribution in [-0.2, 0) is 9.59 Å². The fourth-order valence-electron chi connectivity index (χ4n) is 1.34. The molecule has 0 fully saturated rings. The summed E-state index contributed by atoms with van der Waals surface area (Å²) in [5.41, 5.74) is 0.629. The zero-order valence-electron chi connectivity index (χ0n) is 8.03. The van der Waals surface area contributed by atoms with E-state index in [1.807, 2.05) is 0 Å². The van der Waals surface area contributed by atoms with Gasteiger partial charge in [0.2, 0.25) is 0 Å². The minimum atomic E-state index is -0.324. The molecule has 1 aliphatic rings. The molecule has 0 spiro atoms. The summed E-state index contributed by atoms with van der Waals surface area (Å²) in [6, 6.07) is 0. The number of nitrogens with zero attached hydrogens (tertiary/aromatic N) is 1. The molecule has 15 heavy (non-hydrogen) atoms. The molecule has 0 saturated carbocycles. The van der Waals surface area contributed by atoms with Crippen molar-refractivity contribution in [1.82, 2.24) is 4.90 Å². The van der Waals surface area contributed by atoms with Gasteiger partial charge in [-0.3, -0.25) is 14.5 Å². The second kappa shape index (κ2) is 5.19. The molecule has 2 amide bonds. The van der Waals surface area contributed by atoms with Gasteiger partial charge in [0.25, 0.3) is 11.8 Å². The summed E-state index contributed by atoms with van der Waals surface area (Å²) in [5.74, 6) is -0.139. The normalized spacial score (nSPS) is 16.2. The van der Waals surface area contributed by atoms with Crippen molar-refractivity contribution in [3.8, 4) is 0 Å². The van der Waals surface area contributed by atoms with E-state index in [0.717, 1.165) is 15.9 Å². The van der Waals surface area contributed by atoms with Crippen molar-refractivity contribution in [3.05, 3.63) is 36.5 Å². The third-order valence-electron chi connectivity index (χ3n) is 2.04. The maximum absolute atomic E-state index is 11.7. The summed E-state index contributed by atoms with van der Waals surface area (Å²) in [6.07, 6.45) is 2.76. The quantitative estimate of drug-likeness (QED) is 0.693. The van der Waals surface area contributed by atoms with E-state index in [2.05, 4.69) is 13.2 Å². The van der Waals surface area contributed by atoms with E-state index >= 15 is 0 Å². The minimum absolute atomic E-state index is 0.306. The lowest BCUT2D eigenvalue weighted by Gasteiger charge is -2.12. The van der Waals surface area contributed by atoms with Gasteiger partial charge >= 0.3 is 0 Å².